The van der Waals surface area contributed by atoms with E-state index in [1.54, 1.807) is 0 Å². The summed E-state index contributed by atoms with van der Waals surface area (Å²) in [7, 11) is 0. The number of hydrogen-bond donors (Lipinski definition) is 2. The van der Waals surface area contributed by atoms with Crippen molar-refractivity contribution >= 4 is 55.0 Å². The number of aryl methyl sites for hydroxylation is 2. The molecule has 7 rings (SSSR count). The second-order valence-electron chi connectivity index (χ2n) is 11.9. The van der Waals surface area contributed by atoms with Gasteiger partial charge in [0.15, 0.2) is 11.6 Å². The first-order valence-electron chi connectivity index (χ1n) is 15.7. The molecule has 0 saturated carbocycles. The fourth-order valence-electron chi connectivity index (χ4n) is 5.47. The number of allylic oxidation sites excluding steroid dienone is 4. The van der Waals surface area contributed by atoms with Crippen LogP contribution in [0.5, 0.6) is 0 Å². The van der Waals surface area contributed by atoms with Crippen LogP contribution in [0.15, 0.2) is 113 Å². The largest absolute Gasteiger partial charge is 0.545 e. The van der Waals surface area contributed by atoms with Gasteiger partial charge in [0.2, 0.25) is 0 Å². The van der Waals surface area contributed by atoms with E-state index >= 15 is 0 Å². The molecule has 51 heavy (non-hydrogen) atoms. The van der Waals surface area contributed by atoms with Crippen molar-refractivity contribution in [2.45, 2.75) is 41.5 Å². The zero-order valence-corrected chi connectivity index (χ0v) is 33.4. The number of aliphatic hydroxyl groups is 2. The van der Waals surface area contributed by atoms with E-state index in [1.807, 2.05) is 24.5 Å². The van der Waals surface area contributed by atoms with Crippen LogP contribution < -0.4 is 0 Å². The minimum atomic E-state index is -0.125. The predicted molar refractivity (Wildman–Crippen MR) is 196 cm³/mol. The average molecular weight is 1040 g/mol. The maximum Gasteiger partial charge on any atom is 0.155 e. The minimum Gasteiger partial charge on any atom is -0.545 e. The summed E-state index contributed by atoms with van der Waals surface area (Å²) in [6, 6.07) is 31.8. The SMILES string of the molecule is CC(=O)/C=C(/C)O.CC(=O)/C=C(/C)O.Cc1ccc2cc(-c3[c-]ccc4c3oc3c(-c5cc6ccc(C)cc6cn5)[c-]ccc34)ncc2c1.[Pt].[Pt]. The smallest absolute Gasteiger partial charge is 0.155 e. The van der Waals surface area contributed by atoms with Crippen LogP contribution in [-0.2, 0) is 51.7 Å². The first-order chi connectivity index (χ1) is 23.4. The zero-order chi connectivity index (χ0) is 35.2. The van der Waals surface area contributed by atoms with Gasteiger partial charge in [0.05, 0.1) is 11.5 Å². The number of benzene rings is 4. The van der Waals surface area contributed by atoms with E-state index in [0.29, 0.717) is 0 Å². The van der Waals surface area contributed by atoms with Crippen molar-refractivity contribution in [1.82, 2.24) is 9.97 Å². The molecule has 2 N–H and O–H groups in total. The van der Waals surface area contributed by atoms with Gasteiger partial charge in [0.1, 0.15) is 0 Å². The number of rotatable bonds is 4. The van der Waals surface area contributed by atoms with Gasteiger partial charge in [-0.1, -0.05) is 69.4 Å². The minimum absolute atomic E-state index is 0. The van der Waals surface area contributed by atoms with Gasteiger partial charge >= 0.3 is 0 Å². The fourth-order valence-corrected chi connectivity index (χ4v) is 5.47. The Balaban J connectivity index is 0.000000376. The molecule has 266 valence electrons. The van der Waals surface area contributed by atoms with Crippen LogP contribution in [0.25, 0.3) is 66.0 Å². The molecule has 0 aliphatic rings. The number of nitrogens with zero attached hydrogens (tertiary/aromatic N) is 2. The van der Waals surface area contributed by atoms with E-state index in [0.717, 1.165) is 66.0 Å². The maximum absolute atomic E-state index is 10.0. The third-order valence-corrected chi connectivity index (χ3v) is 7.48. The summed E-state index contributed by atoms with van der Waals surface area (Å²) in [6.07, 6.45) is 6.18. The van der Waals surface area contributed by atoms with Crippen LogP contribution >= 0.6 is 0 Å². The van der Waals surface area contributed by atoms with Crippen molar-refractivity contribution in [1.29, 1.82) is 0 Å². The molecule has 0 fully saturated rings. The quantitative estimate of drug-likeness (QED) is 0.103. The zero-order valence-electron chi connectivity index (χ0n) is 28.9. The second kappa shape index (κ2) is 18.0. The molecule has 0 spiro atoms. The van der Waals surface area contributed by atoms with Gasteiger partial charge in [0, 0.05) is 77.8 Å². The van der Waals surface area contributed by atoms with E-state index in [4.69, 9.17) is 24.6 Å². The van der Waals surface area contributed by atoms with Crippen LogP contribution in [0.3, 0.4) is 0 Å². The number of carbonyl (C=O) groups is 2. The Kier molecular flexibility index (Phi) is 14.4. The molecule has 3 heterocycles. The van der Waals surface area contributed by atoms with E-state index < -0.39 is 0 Å². The number of carbonyl (C=O) groups excluding carboxylic acids is 2. The van der Waals surface area contributed by atoms with Crippen LogP contribution in [0.1, 0.15) is 38.8 Å². The molecule has 3 aromatic heterocycles. The summed E-state index contributed by atoms with van der Waals surface area (Å²) in [5, 5.41) is 23.3. The maximum atomic E-state index is 10.0. The molecule has 0 saturated heterocycles. The Bertz CT molecular complexity index is 2250. The number of furan rings is 1. The van der Waals surface area contributed by atoms with Crippen LogP contribution in [0, 0.1) is 26.0 Å². The van der Waals surface area contributed by atoms with Gasteiger partial charge in [-0.05, 0) is 86.6 Å². The van der Waals surface area contributed by atoms with Gasteiger partial charge in [0.25, 0.3) is 0 Å². The first-order valence-corrected chi connectivity index (χ1v) is 15.7. The van der Waals surface area contributed by atoms with E-state index in [9.17, 15) is 9.59 Å². The van der Waals surface area contributed by atoms with Gasteiger partial charge < -0.3 is 24.6 Å². The van der Waals surface area contributed by atoms with Gasteiger partial charge in [-0.2, -0.15) is 0 Å². The van der Waals surface area contributed by atoms with E-state index in [-0.39, 0.29) is 65.2 Å². The van der Waals surface area contributed by atoms with Gasteiger partial charge in [-0.25, -0.2) is 0 Å². The fraction of sp³-hybridized carbons (Fsp3) is 0.143. The van der Waals surface area contributed by atoms with Crippen LogP contribution in [0.4, 0.5) is 0 Å². The van der Waals surface area contributed by atoms with Crippen molar-refractivity contribution in [3.63, 3.8) is 0 Å². The van der Waals surface area contributed by atoms with Gasteiger partial charge in [-0.3, -0.25) is 9.59 Å². The van der Waals surface area contributed by atoms with Crippen molar-refractivity contribution in [2.24, 2.45) is 0 Å². The third kappa shape index (κ3) is 10.2. The molecule has 0 aliphatic heterocycles. The molecular weight excluding hydrogens is 1000 g/mol. The summed E-state index contributed by atoms with van der Waals surface area (Å²) in [5.74, 6) is -0.125. The van der Waals surface area contributed by atoms with Crippen molar-refractivity contribution in [3.05, 3.63) is 132 Å². The monoisotopic (exact) mass is 1040 g/mol. The molecule has 0 radical (unpaired) electrons. The summed E-state index contributed by atoms with van der Waals surface area (Å²) >= 11 is 0. The van der Waals surface area contributed by atoms with Crippen LogP contribution in [0.2, 0.25) is 0 Å². The molecule has 0 bridgehead atoms. The third-order valence-electron chi connectivity index (χ3n) is 7.48. The van der Waals surface area contributed by atoms with E-state index in [1.165, 1.54) is 51.0 Å². The number of hydrogen-bond acceptors (Lipinski definition) is 7. The first kappa shape index (κ1) is 40.7. The number of aromatic nitrogens is 2. The summed E-state index contributed by atoms with van der Waals surface area (Å²) < 4.78 is 6.54. The number of pyridine rings is 2. The Labute approximate surface area is 325 Å². The molecule has 7 aromatic rings. The van der Waals surface area contributed by atoms with Crippen molar-refractivity contribution < 1.29 is 66.3 Å². The summed E-state index contributed by atoms with van der Waals surface area (Å²) in [5.41, 5.74) is 7.39. The normalized spacial score (nSPS) is 11.2. The molecule has 0 amide bonds. The predicted octanol–water partition coefficient (Wildman–Crippen LogP) is 10.3. The molecule has 0 unspecified atom stereocenters. The standard InChI is InChI=1S/C32H20N2O.2C5H8O2.2Pt/c1-19-9-11-21-15-29(33-17-23(21)13-19)27-7-3-5-25-26-6-4-8-28(32(26)35-31(25)27)30-16-22-12-10-20(2)14-24(22)18-34-30;2*1-4(6)3-5(2)7;;/h3-6,9-18H,1-2H3;2*3,6H,1-2H3;;/q-2;;;;/b;2*4-3-;;. The Hall–Kier alpha value is -4.70. The molecular formula is C42H36N2O5Pt2-2. The van der Waals surface area contributed by atoms with E-state index in [2.05, 4.69) is 86.6 Å². The Morgan fingerprint density at radius 2 is 1.00 bits per heavy atom. The number of fused-ring (bicyclic) bond motifs is 5. The summed E-state index contributed by atoms with van der Waals surface area (Å²) in [6.45, 7) is 9.88. The number of aliphatic hydroxyl groups excluding tert-OH is 2. The van der Waals surface area contributed by atoms with Crippen LogP contribution in [-0.4, -0.2) is 31.7 Å². The Morgan fingerprint density at radius 3 is 1.33 bits per heavy atom. The Morgan fingerprint density at radius 1 is 0.608 bits per heavy atom. The molecule has 7 nitrogen and oxygen atoms in total. The average Bonchev–Trinajstić information content (AvgIpc) is 3.43. The molecule has 0 atom stereocenters. The van der Waals surface area contributed by atoms with Gasteiger partial charge in [-0.15, -0.1) is 36.4 Å². The molecule has 0 aliphatic carbocycles. The number of ketones is 2. The second-order valence-corrected chi connectivity index (χ2v) is 11.9. The molecule has 9 heteroatoms. The van der Waals surface area contributed by atoms with Crippen molar-refractivity contribution in [3.8, 4) is 22.5 Å². The topological polar surface area (TPSA) is 114 Å². The summed E-state index contributed by atoms with van der Waals surface area (Å²) in [4.78, 5) is 29.5. The molecule has 4 aromatic carbocycles. The van der Waals surface area contributed by atoms with Crippen molar-refractivity contribution in [2.75, 3.05) is 0 Å².